The molecule has 0 spiro atoms. The lowest BCUT2D eigenvalue weighted by Crippen LogP contribution is -2.50. The maximum Gasteiger partial charge on any atom is 0.253 e. The van der Waals surface area contributed by atoms with Gasteiger partial charge in [0, 0.05) is 43.8 Å². The monoisotopic (exact) mass is 367 g/mol. The quantitative estimate of drug-likeness (QED) is 0.834. The van der Waals surface area contributed by atoms with Crippen LogP contribution in [0.15, 0.2) is 29.2 Å². The summed E-state index contributed by atoms with van der Waals surface area (Å²) < 4.78 is 27.2. The minimum absolute atomic E-state index is 0.0396. The zero-order valence-corrected chi connectivity index (χ0v) is 16.3. The number of carbonyl (C=O) groups is 1. The Kier molecular flexibility index (Phi) is 6.59. The van der Waals surface area contributed by atoms with Crippen LogP contribution in [0.2, 0.25) is 0 Å². The van der Waals surface area contributed by atoms with Crippen molar-refractivity contribution in [2.75, 3.05) is 26.2 Å². The third-order valence-corrected chi connectivity index (χ3v) is 6.32. The molecule has 0 bridgehead atoms. The smallest absolute Gasteiger partial charge is 0.253 e. The molecule has 0 aromatic heterocycles. The molecule has 0 saturated carbocycles. The second-order valence-electron chi connectivity index (χ2n) is 6.88. The van der Waals surface area contributed by atoms with Crippen LogP contribution >= 0.6 is 0 Å². The van der Waals surface area contributed by atoms with Gasteiger partial charge < -0.3 is 4.90 Å². The molecular formula is C18H29N3O3S. The third-order valence-electron chi connectivity index (χ3n) is 4.71. The molecule has 0 aliphatic carbocycles. The zero-order valence-electron chi connectivity index (χ0n) is 15.5. The highest BCUT2D eigenvalue weighted by Gasteiger charge is 2.24. The van der Waals surface area contributed by atoms with Gasteiger partial charge in [0.15, 0.2) is 0 Å². The molecule has 6 nitrogen and oxygen atoms in total. The van der Waals surface area contributed by atoms with Crippen molar-refractivity contribution in [1.29, 1.82) is 0 Å². The van der Waals surface area contributed by atoms with Crippen LogP contribution in [-0.2, 0) is 10.0 Å². The summed E-state index contributed by atoms with van der Waals surface area (Å²) in [7, 11) is -3.54. The minimum atomic E-state index is -3.54. The molecule has 1 amide bonds. The first-order chi connectivity index (χ1) is 11.7. The summed E-state index contributed by atoms with van der Waals surface area (Å²) in [6.45, 7) is 11.2. The van der Waals surface area contributed by atoms with Crippen molar-refractivity contribution in [3.05, 3.63) is 29.8 Å². The van der Waals surface area contributed by atoms with E-state index in [1.54, 1.807) is 12.1 Å². The molecule has 1 heterocycles. The highest BCUT2D eigenvalue weighted by atomic mass is 32.2. The lowest BCUT2D eigenvalue weighted by Gasteiger charge is -2.37. The van der Waals surface area contributed by atoms with Crippen molar-refractivity contribution >= 4 is 15.9 Å². The van der Waals surface area contributed by atoms with E-state index in [2.05, 4.69) is 23.5 Å². The molecule has 7 heteroatoms. The molecule has 1 saturated heterocycles. The largest absolute Gasteiger partial charge is 0.336 e. The predicted molar refractivity (Wildman–Crippen MR) is 99.1 cm³/mol. The lowest BCUT2D eigenvalue weighted by molar-refractivity contribution is 0.0595. The fraction of sp³-hybridized carbons (Fsp3) is 0.611. The maximum absolute atomic E-state index is 12.6. The summed E-state index contributed by atoms with van der Waals surface area (Å²) in [4.78, 5) is 17.0. The number of rotatable bonds is 6. The lowest BCUT2D eigenvalue weighted by atomic mass is 10.1. The summed E-state index contributed by atoms with van der Waals surface area (Å²) in [5.74, 6) is -0.0396. The summed E-state index contributed by atoms with van der Waals surface area (Å²) in [6.07, 6.45) is 0.720. The number of hydrogen-bond donors (Lipinski definition) is 1. The number of piperazine rings is 1. The van der Waals surface area contributed by atoms with Crippen molar-refractivity contribution in [2.45, 2.75) is 51.1 Å². The molecule has 1 N–H and O–H groups in total. The van der Waals surface area contributed by atoms with Crippen LogP contribution in [0.5, 0.6) is 0 Å². The van der Waals surface area contributed by atoms with E-state index in [1.807, 2.05) is 18.7 Å². The van der Waals surface area contributed by atoms with E-state index in [-0.39, 0.29) is 16.8 Å². The molecule has 1 aromatic carbocycles. The number of nitrogens with zero attached hydrogens (tertiary/aromatic N) is 2. The maximum atomic E-state index is 12.6. The van der Waals surface area contributed by atoms with Crippen LogP contribution in [0.1, 0.15) is 44.5 Å². The Labute approximate surface area is 151 Å². The van der Waals surface area contributed by atoms with Gasteiger partial charge in [0.2, 0.25) is 10.0 Å². The molecule has 1 atom stereocenters. The number of carbonyl (C=O) groups excluding carboxylic acids is 1. The predicted octanol–water partition coefficient (Wildman–Crippen LogP) is 1.93. The Hall–Kier alpha value is -1.44. The Morgan fingerprint density at radius 3 is 2.12 bits per heavy atom. The summed E-state index contributed by atoms with van der Waals surface area (Å²) in [6, 6.07) is 6.57. The van der Waals surface area contributed by atoms with Gasteiger partial charge in [0.1, 0.15) is 0 Å². The average Bonchev–Trinajstić information content (AvgIpc) is 2.60. The Bertz CT molecular complexity index is 678. The number of benzene rings is 1. The minimum Gasteiger partial charge on any atom is -0.336 e. The van der Waals surface area contributed by atoms with Gasteiger partial charge in [0.25, 0.3) is 5.91 Å². The van der Waals surface area contributed by atoms with E-state index in [4.69, 9.17) is 0 Å². The normalized spacial score (nSPS) is 17.7. The molecule has 0 radical (unpaired) electrons. The fourth-order valence-corrected chi connectivity index (χ4v) is 4.14. The SMILES string of the molecule is CCC(C)NS(=O)(=O)c1ccc(C(=O)N2CCN(C(C)C)CC2)cc1. The number of sulfonamides is 1. The second kappa shape index (κ2) is 8.29. The second-order valence-corrected chi connectivity index (χ2v) is 8.59. The molecule has 1 aromatic rings. The van der Waals surface area contributed by atoms with Gasteiger partial charge in [-0.25, -0.2) is 13.1 Å². The van der Waals surface area contributed by atoms with Crippen molar-refractivity contribution < 1.29 is 13.2 Å². The molecule has 1 aliphatic rings. The number of nitrogens with one attached hydrogen (secondary N) is 1. The highest BCUT2D eigenvalue weighted by molar-refractivity contribution is 7.89. The van der Waals surface area contributed by atoms with Gasteiger partial charge >= 0.3 is 0 Å². The zero-order chi connectivity index (χ0) is 18.6. The topological polar surface area (TPSA) is 69.7 Å². The van der Waals surface area contributed by atoms with E-state index < -0.39 is 10.0 Å². The Morgan fingerprint density at radius 2 is 1.64 bits per heavy atom. The molecule has 2 rings (SSSR count). The van der Waals surface area contributed by atoms with Crippen molar-refractivity contribution in [3.63, 3.8) is 0 Å². The van der Waals surface area contributed by atoms with Gasteiger partial charge in [-0.05, 0) is 51.5 Å². The van der Waals surface area contributed by atoms with E-state index in [1.165, 1.54) is 12.1 Å². The Balaban J connectivity index is 2.04. The first kappa shape index (κ1) is 19.9. The van der Waals surface area contributed by atoms with Gasteiger partial charge in [-0.3, -0.25) is 9.69 Å². The van der Waals surface area contributed by atoms with Crippen molar-refractivity contribution in [3.8, 4) is 0 Å². The third kappa shape index (κ3) is 5.03. The van der Waals surface area contributed by atoms with Gasteiger partial charge in [-0.2, -0.15) is 0 Å². The van der Waals surface area contributed by atoms with Crippen LogP contribution < -0.4 is 4.72 Å². The molecular weight excluding hydrogens is 338 g/mol. The Morgan fingerprint density at radius 1 is 1.08 bits per heavy atom. The van der Waals surface area contributed by atoms with Crippen LogP contribution in [-0.4, -0.2) is 62.4 Å². The average molecular weight is 368 g/mol. The summed E-state index contributed by atoms with van der Waals surface area (Å²) in [5, 5.41) is 0. The first-order valence-electron chi connectivity index (χ1n) is 8.90. The highest BCUT2D eigenvalue weighted by Crippen LogP contribution is 2.15. The fourth-order valence-electron chi connectivity index (χ4n) is 2.82. The van der Waals surface area contributed by atoms with Gasteiger partial charge in [-0.15, -0.1) is 0 Å². The standard InChI is InChI=1S/C18H29N3O3S/c1-5-15(4)19-25(23,24)17-8-6-16(7-9-17)18(22)21-12-10-20(11-13-21)14(2)3/h6-9,14-15,19H,5,10-13H2,1-4H3. The summed E-state index contributed by atoms with van der Waals surface area (Å²) in [5.41, 5.74) is 0.528. The van der Waals surface area contributed by atoms with Gasteiger partial charge in [0.05, 0.1) is 4.90 Å². The van der Waals surface area contributed by atoms with E-state index >= 15 is 0 Å². The van der Waals surface area contributed by atoms with E-state index in [0.717, 1.165) is 19.5 Å². The van der Waals surface area contributed by atoms with Crippen molar-refractivity contribution in [2.24, 2.45) is 0 Å². The van der Waals surface area contributed by atoms with Crippen LogP contribution in [0, 0.1) is 0 Å². The van der Waals surface area contributed by atoms with E-state index in [0.29, 0.717) is 24.7 Å². The molecule has 1 unspecified atom stereocenters. The van der Waals surface area contributed by atoms with Gasteiger partial charge in [-0.1, -0.05) is 6.92 Å². The van der Waals surface area contributed by atoms with E-state index in [9.17, 15) is 13.2 Å². The van der Waals surface area contributed by atoms with Crippen LogP contribution in [0.25, 0.3) is 0 Å². The molecule has 25 heavy (non-hydrogen) atoms. The molecule has 1 fully saturated rings. The summed E-state index contributed by atoms with van der Waals surface area (Å²) >= 11 is 0. The number of hydrogen-bond acceptors (Lipinski definition) is 4. The van der Waals surface area contributed by atoms with Crippen molar-refractivity contribution in [1.82, 2.24) is 14.5 Å². The van der Waals surface area contributed by atoms with Crippen LogP contribution in [0.3, 0.4) is 0 Å². The molecule has 140 valence electrons. The molecule has 1 aliphatic heterocycles. The van der Waals surface area contributed by atoms with Crippen LogP contribution in [0.4, 0.5) is 0 Å². The number of amides is 1. The first-order valence-corrected chi connectivity index (χ1v) is 10.4.